The lowest BCUT2D eigenvalue weighted by molar-refractivity contribution is 0.183. The summed E-state index contributed by atoms with van der Waals surface area (Å²) in [6, 6.07) is 4.47. The fourth-order valence-electron chi connectivity index (χ4n) is 1.37. The molecule has 0 aliphatic rings. The number of rotatable bonds is 4. The maximum absolute atomic E-state index is 11.5. The zero-order chi connectivity index (χ0) is 12.3. The average molecular weight is 245 g/mol. The predicted octanol–water partition coefficient (Wildman–Crippen LogP) is 0.0908. The molecule has 1 rings (SSSR count). The van der Waals surface area contributed by atoms with Gasteiger partial charge in [-0.15, -0.1) is 0 Å². The largest absolute Gasteiger partial charge is 0.497 e. The number of sulfone groups is 1. The molecule has 0 bridgehead atoms. The molecule has 0 aliphatic carbocycles. The Morgan fingerprint density at radius 2 is 2.12 bits per heavy atom. The molecule has 0 heterocycles. The highest BCUT2D eigenvalue weighted by atomic mass is 32.2. The Kier molecular flexibility index (Phi) is 3.90. The van der Waals surface area contributed by atoms with E-state index in [-0.39, 0.29) is 11.4 Å². The number of hydrogen-bond donors (Lipinski definition) is 2. The van der Waals surface area contributed by atoms with Gasteiger partial charge in [0.25, 0.3) is 0 Å². The van der Waals surface area contributed by atoms with Crippen molar-refractivity contribution in [2.24, 2.45) is 5.73 Å². The summed E-state index contributed by atoms with van der Waals surface area (Å²) in [5.74, 6) is 0.424. The van der Waals surface area contributed by atoms with E-state index in [9.17, 15) is 13.5 Å². The van der Waals surface area contributed by atoms with Gasteiger partial charge in [-0.1, -0.05) is 6.07 Å². The van der Waals surface area contributed by atoms with Crippen molar-refractivity contribution in [2.75, 3.05) is 19.9 Å². The quantitative estimate of drug-likeness (QED) is 0.784. The van der Waals surface area contributed by atoms with E-state index >= 15 is 0 Å². The molecule has 0 aromatic heterocycles. The highest BCUT2D eigenvalue weighted by Gasteiger charge is 2.19. The number of benzene rings is 1. The van der Waals surface area contributed by atoms with Gasteiger partial charge in [-0.2, -0.15) is 0 Å². The van der Waals surface area contributed by atoms with Crippen LogP contribution in [0.2, 0.25) is 0 Å². The van der Waals surface area contributed by atoms with E-state index in [4.69, 9.17) is 10.5 Å². The molecular formula is C10H15NO4S. The number of aliphatic hydroxyl groups excluding tert-OH is 1. The fourth-order valence-corrected chi connectivity index (χ4v) is 2.33. The maximum atomic E-state index is 11.5. The van der Waals surface area contributed by atoms with Gasteiger partial charge in [0.05, 0.1) is 18.1 Å². The zero-order valence-electron chi connectivity index (χ0n) is 9.17. The van der Waals surface area contributed by atoms with E-state index in [1.54, 1.807) is 6.07 Å². The summed E-state index contributed by atoms with van der Waals surface area (Å²) >= 11 is 0. The molecule has 3 N–H and O–H groups in total. The third-order valence-corrected chi connectivity index (χ3v) is 3.35. The minimum atomic E-state index is -3.42. The Hall–Kier alpha value is -1.11. The van der Waals surface area contributed by atoms with Gasteiger partial charge in [-0.25, -0.2) is 8.42 Å². The standard InChI is InChI=1S/C10H15NO4S/c1-15-7-3-4-8(9(12)6-11)10(5-7)16(2,13)14/h3-5,9,12H,6,11H2,1-2H3. The van der Waals surface area contributed by atoms with Crippen molar-refractivity contribution >= 4 is 9.84 Å². The van der Waals surface area contributed by atoms with Crippen LogP contribution in [0, 0.1) is 0 Å². The van der Waals surface area contributed by atoms with Crippen LogP contribution in [-0.2, 0) is 9.84 Å². The minimum Gasteiger partial charge on any atom is -0.497 e. The van der Waals surface area contributed by atoms with E-state index in [0.29, 0.717) is 11.3 Å². The topological polar surface area (TPSA) is 89.6 Å². The summed E-state index contributed by atoms with van der Waals surface area (Å²) in [6.45, 7) is -0.0329. The number of aliphatic hydroxyl groups is 1. The van der Waals surface area contributed by atoms with Gasteiger partial charge in [0.2, 0.25) is 0 Å². The van der Waals surface area contributed by atoms with E-state index in [2.05, 4.69) is 0 Å². The van der Waals surface area contributed by atoms with Crippen molar-refractivity contribution in [2.45, 2.75) is 11.0 Å². The molecule has 0 spiro atoms. The highest BCUT2D eigenvalue weighted by Crippen LogP contribution is 2.26. The van der Waals surface area contributed by atoms with Crippen LogP contribution in [0.25, 0.3) is 0 Å². The number of nitrogens with two attached hydrogens (primary N) is 1. The van der Waals surface area contributed by atoms with Crippen LogP contribution in [0.3, 0.4) is 0 Å². The van der Waals surface area contributed by atoms with Crippen molar-refractivity contribution in [1.82, 2.24) is 0 Å². The lowest BCUT2D eigenvalue weighted by Gasteiger charge is -2.13. The summed E-state index contributed by atoms with van der Waals surface area (Å²) in [5.41, 5.74) is 5.61. The second kappa shape index (κ2) is 4.82. The molecule has 0 fully saturated rings. The second-order valence-corrected chi connectivity index (χ2v) is 5.41. The molecule has 0 saturated heterocycles. The highest BCUT2D eigenvalue weighted by molar-refractivity contribution is 7.90. The van der Waals surface area contributed by atoms with Crippen LogP contribution in [0.5, 0.6) is 5.75 Å². The van der Waals surface area contributed by atoms with Crippen LogP contribution in [0.1, 0.15) is 11.7 Å². The molecule has 1 unspecified atom stereocenters. The van der Waals surface area contributed by atoms with Gasteiger partial charge in [0.1, 0.15) is 5.75 Å². The molecule has 1 aromatic rings. The van der Waals surface area contributed by atoms with Crippen LogP contribution in [0.15, 0.2) is 23.1 Å². The van der Waals surface area contributed by atoms with Gasteiger partial charge in [-0.05, 0) is 12.1 Å². The first-order valence-corrected chi connectivity index (χ1v) is 6.55. The first-order valence-electron chi connectivity index (χ1n) is 4.66. The molecule has 90 valence electrons. The molecule has 16 heavy (non-hydrogen) atoms. The molecule has 1 atom stereocenters. The van der Waals surface area contributed by atoms with Crippen LogP contribution in [-0.4, -0.2) is 33.4 Å². The molecule has 1 aromatic carbocycles. The van der Waals surface area contributed by atoms with Crippen molar-refractivity contribution in [3.8, 4) is 5.75 Å². The molecule has 0 radical (unpaired) electrons. The summed E-state index contributed by atoms with van der Waals surface area (Å²) in [6.07, 6.45) is 0.0877. The molecule has 5 nitrogen and oxygen atoms in total. The van der Waals surface area contributed by atoms with E-state index in [1.807, 2.05) is 0 Å². The summed E-state index contributed by atoms with van der Waals surface area (Å²) in [7, 11) is -1.97. The summed E-state index contributed by atoms with van der Waals surface area (Å²) in [5, 5.41) is 9.61. The van der Waals surface area contributed by atoms with Crippen molar-refractivity contribution in [3.05, 3.63) is 23.8 Å². The monoisotopic (exact) mass is 245 g/mol. The zero-order valence-corrected chi connectivity index (χ0v) is 9.99. The van der Waals surface area contributed by atoms with Gasteiger partial charge in [0.15, 0.2) is 9.84 Å². The fraction of sp³-hybridized carbons (Fsp3) is 0.400. The normalized spacial score (nSPS) is 13.5. The molecule has 0 aliphatic heterocycles. The molecule has 0 amide bonds. The Morgan fingerprint density at radius 1 is 1.50 bits per heavy atom. The van der Waals surface area contributed by atoms with Crippen LogP contribution in [0.4, 0.5) is 0 Å². The summed E-state index contributed by atoms with van der Waals surface area (Å²) in [4.78, 5) is 0.0461. The van der Waals surface area contributed by atoms with Crippen molar-refractivity contribution < 1.29 is 18.3 Å². The van der Waals surface area contributed by atoms with Gasteiger partial charge < -0.3 is 15.6 Å². The van der Waals surface area contributed by atoms with Crippen LogP contribution < -0.4 is 10.5 Å². The smallest absolute Gasteiger partial charge is 0.176 e. The van der Waals surface area contributed by atoms with Crippen molar-refractivity contribution in [3.63, 3.8) is 0 Å². The SMILES string of the molecule is COc1ccc(C(O)CN)c(S(C)(=O)=O)c1. The van der Waals surface area contributed by atoms with E-state index < -0.39 is 15.9 Å². The summed E-state index contributed by atoms with van der Waals surface area (Å²) < 4.78 is 28.0. The third kappa shape index (κ3) is 2.72. The molecular weight excluding hydrogens is 230 g/mol. The second-order valence-electron chi connectivity index (χ2n) is 3.43. The molecule has 0 saturated carbocycles. The number of ether oxygens (including phenoxy) is 1. The maximum Gasteiger partial charge on any atom is 0.176 e. The molecule has 6 heteroatoms. The Morgan fingerprint density at radius 3 is 2.56 bits per heavy atom. The minimum absolute atomic E-state index is 0.0329. The van der Waals surface area contributed by atoms with Gasteiger partial charge >= 0.3 is 0 Å². The first-order chi connectivity index (χ1) is 7.40. The lowest BCUT2D eigenvalue weighted by atomic mass is 10.1. The van der Waals surface area contributed by atoms with Crippen molar-refractivity contribution in [1.29, 1.82) is 0 Å². The first kappa shape index (κ1) is 13.0. The van der Waals surface area contributed by atoms with Gasteiger partial charge in [-0.3, -0.25) is 0 Å². The Bertz CT molecular complexity index is 470. The van der Waals surface area contributed by atoms with E-state index in [0.717, 1.165) is 6.26 Å². The third-order valence-electron chi connectivity index (χ3n) is 2.20. The Balaban J connectivity index is 3.39. The predicted molar refractivity (Wildman–Crippen MR) is 60.1 cm³/mol. The van der Waals surface area contributed by atoms with E-state index in [1.165, 1.54) is 19.2 Å². The number of methoxy groups -OCH3 is 1. The number of hydrogen-bond acceptors (Lipinski definition) is 5. The van der Waals surface area contributed by atoms with Gasteiger partial charge in [0, 0.05) is 18.4 Å². The average Bonchev–Trinajstić information content (AvgIpc) is 2.26. The van der Waals surface area contributed by atoms with Crippen LogP contribution >= 0.6 is 0 Å². The lowest BCUT2D eigenvalue weighted by Crippen LogP contribution is -2.15. The Labute approximate surface area is 94.8 Å².